The van der Waals surface area contributed by atoms with Crippen molar-refractivity contribution < 1.29 is 9.18 Å². The SMILES string of the molecule is CC(C)[C@H](N)C(=O)N1CCc2cc(F)ccc2C1. The fourth-order valence-electron chi connectivity index (χ4n) is 2.21. The number of fused-ring (bicyclic) bond motifs is 1. The third kappa shape index (κ3) is 2.53. The molecule has 1 aromatic rings. The number of rotatable bonds is 2. The average Bonchev–Trinajstić information content (AvgIpc) is 2.36. The second kappa shape index (κ2) is 5.06. The Labute approximate surface area is 107 Å². The summed E-state index contributed by atoms with van der Waals surface area (Å²) in [7, 11) is 0. The van der Waals surface area contributed by atoms with Gasteiger partial charge in [0.1, 0.15) is 5.82 Å². The topological polar surface area (TPSA) is 46.3 Å². The van der Waals surface area contributed by atoms with E-state index in [2.05, 4.69) is 0 Å². The Balaban J connectivity index is 2.12. The molecular weight excluding hydrogens is 231 g/mol. The van der Waals surface area contributed by atoms with Crippen molar-refractivity contribution in [1.82, 2.24) is 4.90 Å². The van der Waals surface area contributed by atoms with E-state index in [1.165, 1.54) is 6.07 Å². The summed E-state index contributed by atoms with van der Waals surface area (Å²) < 4.78 is 13.1. The minimum atomic E-state index is -0.452. The molecule has 98 valence electrons. The molecule has 4 heteroatoms. The number of halogens is 1. The molecule has 0 spiro atoms. The zero-order valence-corrected chi connectivity index (χ0v) is 10.8. The molecule has 2 N–H and O–H groups in total. The van der Waals surface area contributed by atoms with Gasteiger partial charge >= 0.3 is 0 Å². The summed E-state index contributed by atoms with van der Waals surface area (Å²) in [4.78, 5) is 13.9. The molecule has 1 aliphatic rings. The minimum absolute atomic E-state index is 0.0139. The molecule has 0 radical (unpaired) electrons. The second-order valence-corrected chi connectivity index (χ2v) is 5.19. The van der Waals surface area contributed by atoms with Gasteiger partial charge in [0.15, 0.2) is 0 Å². The molecule has 1 aliphatic heterocycles. The van der Waals surface area contributed by atoms with Crippen LogP contribution in [0.15, 0.2) is 18.2 Å². The lowest BCUT2D eigenvalue weighted by Crippen LogP contribution is -2.48. The van der Waals surface area contributed by atoms with Crippen LogP contribution in [0.3, 0.4) is 0 Å². The summed E-state index contributed by atoms with van der Waals surface area (Å²) in [6.45, 7) is 5.04. The van der Waals surface area contributed by atoms with E-state index in [0.29, 0.717) is 19.5 Å². The molecule has 0 bridgehead atoms. The fraction of sp³-hybridized carbons (Fsp3) is 0.500. The van der Waals surface area contributed by atoms with Crippen LogP contribution in [0.5, 0.6) is 0 Å². The minimum Gasteiger partial charge on any atom is -0.337 e. The Hall–Kier alpha value is -1.42. The second-order valence-electron chi connectivity index (χ2n) is 5.19. The molecule has 1 aromatic carbocycles. The van der Waals surface area contributed by atoms with Crippen molar-refractivity contribution in [2.24, 2.45) is 11.7 Å². The third-order valence-corrected chi connectivity index (χ3v) is 3.50. The third-order valence-electron chi connectivity index (χ3n) is 3.50. The van der Waals surface area contributed by atoms with Crippen molar-refractivity contribution in [3.63, 3.8) is 0 Å². The molecule has 0 aliphatic carbocycles. The first kappa shape index (κ1) is 13.0. The quantitative estimate of drug-likeness (QED) is 0.868. The predicted molar refractivity (Wildman–Crippen MR) is 68.3 cm³/mol. The molecule has 3 nitrogen and oxygen atoms in total. The molecule has 18 heavy (non-hydrogen) atoms. The molecule has 2 rings (SSSR count). The Morgan fingerprint density at radius 2 is 2.11 bits per heavy atom. The molecule has 0 saturated heterocycles. The van der Waals surface area contributed by atoms with Gasteiger partial charge in [0.2, 0.25) is 5.91 Å². The number of nitrogens with zero attached hydrogens (tertiary/aromatic N) is 1. The van der Waals surface area contributed by atoms with Crippen LogP contribution in [0.25, 0.3) is 0 Å². The summed E-state index contributed by atoms with van der Waals surface area (Å²) in [6, 6.07) is 4.30. The van der Waals surface area contributed by atoms with Crippen LogP contribution in [-0.2, 0) is 17.8 Å². The summed E-state index contributed by atoms with van der Waals surface area (Å²) in [6.07, 6.45) is 0.698. The van der Waals surface area contributed by atoms with Crippen molar-refractivity contribution >= 4 is 5.91 Å². The van der Waals surface area contributed by atoms with Gasteiger partial charge in [-0.25, -0.2) is 4.39 Å². The van der Waals surface area contributed by atoms with Crippen molar-refractivity contribution in [1.29, 1.82) is 0 Å². The largest absolute Gasteiger partial charge is 0.337 e. The maximum absolute atomic E-state index is 13.1. The van der Waals surface area contributed by atoms with E-state index >= 15 is 0 Å². The van der Waals surface area contributed by atoms with Gasteiger partial charge in [0.05, 0.1) is 6.04 Å². The lowest BCUT2D eigenvalue weighted by atomic mass is 9.97. The van der Waals surface area contributed by atoms with Crippen LogP contribution in [-0.4, -0.2) is 23.4 Å². The van der Waals surface area contributed by atoms with Crippen molar-refractivity contribution in [2.75, 3.05) is 6.54 Å². The first-order chi connectivity index (χ1) is 8.49. The molecule has 0 saturated carbocycles. The van der Waals surface area contributed by atoms with Gasteiger partial charge in [-0.05, 0) is 35.6 Å². The average molecular weight is 250 g/mol. The van der Waals surface area contributed by atoms with Gasteiger partial charge in [-0.2, -0.15) is 0 Å². The lowest BCUT2D eigenvalue weighted by Gasteiger charge is -2.31. The van der Waals surface area contributed by atoms with Gasteiger partial charge in [-0.3, -0.25) is 4.79 Å². The van der Waals surface area contributed by atoms with Crippen molar-refractivity contribution in [3.05, 3.63) is 35.1 Å². The number of benzene rings is 1. The molecule has 0 unspecified atom stereocenters. The van der Waals surface area contributed by atoms with Gasteiger partial charge in [-0.1, -0.05) is 19.9 Å². The van der Waals surface area contributed by atoms with Crippen molar-refractivity contribution in [3.8, 4) is 0 Å². The molecular formula is C14H19FN2O. The maximum atomic E-state index is 13.1. The number of carbonyl (C=O) groups excluding carboxylic acids is 1. The smallest absolute Gasteiger partial charge is 0.240 e. The molecule has 0 fully saturated rings. The predicted octanol–water partition coefficient (Wildman–Crippen LogP) is 1.69. The summed E-state index contributed by atoms with van der Waals surface area (Å²) in [5, 5.41) is 0. The first-order valence-electron chi connectivity index (χ1n) is 6.30. The highest BCUT2D eigenvalue weighted by Gasteiger charge is 2.26. The van der Waals surface area contributed by atoms with Gasteiger partial charge in [0.25, 0.3) is 0 Å². The van der Waals surface area contributed by atoms with Crippen LogP contribution < -0.4 is 5.73 Å². The number of carbonyl (C=O) groups is 1. The highest BCUT2D eigenvalue weighted by Crippen LogP contribution is 2.21. The zero-order valence-electron chi connectivity index (χ0n) is 10.8. The highest BCUT2D eigenvalue weighted by atomic mass is 19.1. The van der Waals surface area contributed by atoms with E-state index in [-0.39, 0.29) is 17.6 Å². The zero-order chi connectivity index (χ0) is 13.3. The van der Waals surface area contributed by atoms with E-state index in [1.54, 1.807) is 17.0 Å². The summed E-state index contributed by atoms with van der Waals surface area (Å²) >= 11 is 0. The molecule has 1 heterocycles. The number of nitrogens with two attached hydrogens (primary N) is 1. The Kier molecular flexibility index (Phi) is 3.66. The number of amides is 1. The van der Waals surface area contributed by atoms with Gasteiger partial charge < -0.3 is 10.6 Å². The van der Waals surface area contributed by atoms with E-state index in [4.69, 9.17) is 5.73 Å². The fourth-order valence-corrected chi connectivity index (χ4v) is 2.21. The van der Waals surface area contributed by atoms with Crippen LogP contribution in [0.1, 0.15) is 25.0 Å². The number of hydrogen-bond donors (Lipinski definition) is 1. The highest BCUT2D eigenvalue weighted by molar-refractivity contribution is 5.82. The Morgan fingerprint density at radius 3 is 2.78 bits per heavy atom. The van der Waals surface area contributed by atoms with E-state index < -0.39 is 6.04 Å². The Morgan fingerprint density at radius 1 is 1.39 bits per heavy atom. The first-order valence-corrected chi connectivity index (χ1v) is 6.30. The monoisotopic (exact) mass is 250 g/mol. The normalized spacial score (nSPS) is 16.6. The van der Waals surface area contributed by atoms with Crippen LogP contribution >= 0.6 is 0 Å². The molecule has 1 atom stereocenters. The van der Waals surface area contributed by atoms with Gasteiger partial charge in [-0.15, -0.1) is 0 Å². The summed E-state index contributed by atoms with van der Waals surface area (Å²) in [5.41, 5.74) is 7.90. The maximum Gasteiger partial charge on any atom is 0.240 e. The Bertz CT molecular complexity index is 459. The lowest BCUT2D eigenvalue weighted by molar-refractivity contribution is -0.134. The summed E-state index contributed by atoms with van der Waals surface area (Å²) in [5.74, 6) is -0.0977. The van der Waals surface area contributed by atoms with Crippen LogP contribution in [0.2, 0.25) is 0 Å². The van der Waals surface area contributed by atoms with E-state index in [9.17, 15) is 9.18 Å². The van der Waals surface area contributed by atoms with Crippen molar-refractivity contribution in [2.45, 2.75) is 32.9 Å². The van der Waals surface area contributed by atoms with Crippen LogP contribution in [0, 0.1) is 11.7 Å². The van der Waals surface area contributed by atoms with Crippen LogP contribution in [0.4, 0.5) is 4.39 Å². The molecule has 1 amide bonds. The van der Waals surface area contributed by atoms with Gasteiger partial charge in [0, 0.05) is 13.1 Å². The number of hydrogen-bond acceptors (Lipinski definition) is 2. The van der Waals surface area contributed by atoms with E-state index in [0.717, 1.165) is 11.1 Å². The van der Waals surface area contributed by atoms with E-state index in [1.807, 2.05) is 13.8 Å². The molecule has 0 aromatic heterocycles. The standard InChI is InChI=1S/C14H19FN2O/c1-9(2)13(16)14(18)17-6-5-10-7-12(15)4-3-11(10)8-17/h3-4,7,9,13H,5-6,8,16H2,1-2H3/t13-/m0/s1.